The van der Waals surface area contributed by atoms with Crippen molar-refractivity contribution in [1.29, 1.82) is 0 Å². The Morgan fingerprint density at radius 2 is 2.05 bits per heavy atom. The van der Waals surface area contributed by atoms with Crippen LogP contribution >= 0.6 is 0 Å². The van der Waals surface area contributed by atoms with Gasteiger partial charge in [-0.25, -0.2) is 0 Å². The minimum Gasteiger partial charge on any atom is -0.368 e. The van der Waals surface area contributed by atoms with Gasteiger partial charge in [0.25, 0.3) is 0 Å². The molecule has 1 unspecified atom stereocenters. The van der Waals surface area contributed by atoms with Crippen molar-refractivity contribution in [2.45, 2.75) is 12.7 Å². The van der Waals surface area contributed by atoms with E-state index >= 15 is 0 Å². The molecule has 9 nitrogen and oxygen atoms in total. The summed E-state index contributed by atoms with van der Waals surface area (Å²) in [5.41, 5.74) is 12.4. The fourth-order valence-corrected chi connectivity index (χ4v) is 2.30. The van der Waals surface area contributed by atoms with Crippen molar-refractivity contribution in [3.8, 4) is 0 Å². The van der Waals surface area contributed by atoms with Crippen molar-refractivity contribution < 1.29 is 17.3 Å². The molecule has 0 spiro atoms. The van der Waals surface area contributed by atoms with E-state index < -0.39 is 16.6 Å². The van der Waals surface area contributed by atoms with E-state index in [0.29, 0.717) is 17.4 Å². The van der Waals surface area contributed by atoms with Gasteiger partial charge < -0.3 is 16.4 Å². The molecule has 0 saturated carbocycles. The van der Waals surface area contributed by atoms with Crippen LogP contribution in [0.1, 0.15) is 5.56 Å². The van der Waals surface area contributed by atoms with Crippen LogP contribution in [-0.2, 0) is 21.2 Å². The van der Waals surface area contributed by atoms with Crippen molar-refractivity contribution in [2.75, 3.05) is 7.05 Å². The van der Waals surface area contributed by atoms with Gasteiger partial charge in [-0.05, 0) is 11.6 Å². The molecule has 2 rings (SSSR count). The Morgan fingerprint density at radius 3 is 2.59 bits per heavy atom. The van der Waals surface area contributed by atoms with Gasteiger partial charge in [0.2, 0.25) is 5.96 Å². The highest BCUT2D eigenvalue weighted by atomic mass is 32.3. The molecule has 0 amide bonds. The first-order valence-electron chi connectivity index (χ1n) is 6.29. The molecule has 1 aliphatic heterocycles. The molecule has 0 saturated heterocycles. The molecule has 0 aromatic heterocycles. The van der Waals surface area contributed by atoms with Crippen LogP contribution < -0.4 is 11.5 Å². The maximum Gasteiger partial charge on any atom is 0.418 e. The SMILES string of the molecule is CN(Cc1ccccc1)C1=CC(N)N(OS(=O)(=O)O)C(N)=N1. The first-order valence-corrected chi connectivity index (χ1v) is 7.65. The quantitative estimate of drug-likeness (QED) is 0.622. The summed E-state index contributed by atoms with van der Waals surface area (Å²) in [7, 11) is -2.94. The van der Waals surface area contributed by atoms with Crippen LogP contribution in [0.4, 0.5) is 0 Å². The van der Waals surface area contributed by atoms with E-state index in [2.05, 4.69) is 9.28 Å². The highest BCUT2D eigenvalue weighted by Crippen LogP contribution is 2.16. The monoisotopic (exact) mass is 327 g/mol. The number of hydroxylamine groups is 2. The lowest BCUT2D eigenvalue weighted by molar-refractivity contribution is -0.0131. The largest absolute Gasteiger partial charge is 0.418 e. The first-order chi connectivity index (χ1) is 10.3. The zero-order chi connectivity index (χ0) is 16.3. The molecule has 1 atom stereocenters. The van der Waals surface area contributed by atoms with Crippen LogP contribution in [0.3, 0.4) is 0 Å². The third-order valence-corrected chi connectivity index (χ3v) is 3.22. The first kappa shape index (κ1) is 16.2. The second-order valence-electron chi connectivity index (χ2n) is 4.66. The second kappa shape index (κ2) is 6.32. The summed E-state index contributed by atoms with van der Waals surface area (Å²) in [6.45, 7) is 0.565. The van der Waals surface area contributed by atoms with Crippen LogP contribution in [0.5, 0.6) is 0 Å². The Labute approximate surface area is 128 Å². The molecule has 1 aromatic rings. The number of rotatable bonds is 5. The Kier molecular flexibility index (Phi) is 4.66. The maximum absolute atomic E-state index is 10.7. The third-order valence-electron chi connectivity index (χ3n) is 2.87. The lowest BCUT2D eigenvalue weighted by Crippen LogP contribution is -2.51. The van der Waals surface area contributed by atoms with E-state index in [-0.39, 0.29) is 5.96 Å². The van der Waals surface area contributed by atoms with Crippen molar-refractivity contribution in [1.82, 2.24) is 9.96 Å². The summed E-state index contributed by atoms with van der Waals surface area (Å²) in [5.74, 6) is 0.187. The number of hydrogen-bond acceptors (Lipinski definition) is 8. The number of aliphatic imine (C=N–C) groups is 1. The molecule has 0 radical (unpaired) electrons. The molecule has 22 heavy (non-hydrogen) atoms. The Hall–Kier alpha value is -2.14. The second-order valence-corrected chi connectivity index (χ2v) is 5.66. The highest BCUT2D eigenvalue weighted by Gasteiger charge is 2.27. The summed E-state index contributed by atoms with van der Waals surface area (Å²) in [4.78, 5) is 5.82. The predicted octanol–water partition coefficient (Wildman–Crippen LogP) is -0.391. The van der Waals surface area contributed by atoms with Gasteiger partial charge >= 0.3 is 10.4 Å². The van der Waals surface area contributed by atoms with Crippen molar-refractivity contribution in [3.05, 3.63) is 47.8 Å². The number of hydrogen-bond donors (Lipinski definition) is 3. The average Bonchev–Trinajstić information content (AvgIpc) is 2.42. The maximum atomic E-state index is 10.7. The summed E-state index contributed by atoms with van der Waals surface area (Å²) < 4.78 is 34.4. The van der Waals surface area contributed by atoms with Gasteiger partial charge in [0.1, 0.15) is 12.0 Å². The van der Waals surface area contributed by atoms with E-state index in [1.807, 2.05) is 30.3 Å². The van der Waals surface area contributed by atoms with Crippen molar-refractivity contribution in [2.24, 2.45) is 16.5 Å². The Morgan fingerprint density at radius 1 is 1.41 bits per heavy atom. The van der Waals surface area contributed by atoms with E-state index in [9.17, 15) is 8.42 Å². The third kappa shape index (κ3) is 4.18. The van der Waals surface area contributed by atoms with Crippen LogP contribution in [0.2, 0.25) is 0 Å². The van der Waals surface area contributed by atoms with Gasteiger partial charge in [-0.1, -0.05) is 30.3 Å². The molecule has 0 bridgehead atoms. The number of nitrogens with zero attached hydrogens (tertiary/aromatic N) is 3. The molecule has 1 aromatic carbocycles. The van der Waals surface area contributed by atoms with Crippen molar-refractivity contribution in [3.63, 3.8) is 0 Å². The van der Waals surface area contributed by atoms with Gasteiger partial charge in [0.05, 0.1) is 0 Å². The van der Waals surface area contributed by atoms with Crippen LogP contribution in [0.15, 0.2) is 47.2 Å². The molecule has 0 fully saturated rings. The number of nitrogens with two attached hydrogens (primary N) is 2. The van der Waals surface area contributed by atoms with E-state index in [0.717, 1.165) is 5.56 Å². The van der Waals surface area contributed by atoms with E-state index in [1.165, 1.54) is 6.08 Å². The Balaban J connectivity index is 2.12. The number of benzene rings is 1. The van der Waals surface area contributed by atoms with E-state index in [1.54, 1.807) is 11.9 Å². The minimum absolute atomic E-state index is 0.275. The topological polar surface area (TPSA) is 134 Å². The summed E-state index contributed by atoms with van der Waals surface area (Å²) in [5, 5.41) is 0.606. The summed E-state index contributed by atoms with van der Waals surface area (Å²) in [6.07, 6.45) is 0.456. The van der Waals surface area contributed by atoms with Gasteiger partial charge in [-0.3, -0.25) is 4.55 Å². The molecule has 1 aliphatic rings. The number of guanidine groups is 1. The van der Waals surface area contributed by atoms with Crippen molar-refractivity contribution >= 4 is 16.4 Å². The fourth-order valence-electron chi connectivity index (χ4n) is 1.92. The molecule has 1 heterocycles. The molecule has 5 N–H and O–H groups in total. The standard InChI is InChI=1S/C12H17N5O4S/c1-16(8-9-5-3-2-4-6-9)11-7-10(13)17(12(14)15-11)21-22(18,19)20/h2-7,10H,8,13H2,1H3,(H2,14,15)(H,18,19,20). The van der Waals surface area contributed by atoms with Gasteiger partial charge in [-0.15, -0.1) is 4.28 Å². The molecular weight excluding hydrogens is 310 g/mol. The smallest absolute Gasteiger partial charge is 0.368 e. The lowest BCUT2D eigenvalue weighted by atomic mass is 10.2. The van der Waals surface area contributed by atoms with Crippen LogP contribution in [-0.4, -0.2) is 42.1 Å². The van der Waals surface area contributed by atoms with Gasteiger partial charge in [-0.2, -0.15) is 18.5 Å². The highest BCUT2D eigenvalue weighted by molar-refractivity contribution is 7.80. The van der Waals surface area contributed by atoms with Crippen LogP contribution in [0.25, 0.3) is 0 Å². The molecular formula is C12H17N5O4S. The fraction of sp³-hybridized carbons (Fsp3) is 0.250. The zero-order valence-electron chi connectivity index (χ0n) is 11.8. The summed E-state index contributed by atoms with van der Waals surface area (Å²) >= 11 is 0. The van der Waals surface area contributed by atoms with Gasteiger partial charge in [0.15, 0.2) is 0 Å². The zero-order valence-corrected chi connectivity index (χ0v) is 12.6. The summed E-state index contributed by atoms with van der Waals surface area (Å²) in [6, 6.07) is 9.67. The predicted molar refractivity (Wildman–Crippen MR) is 80.1 cm³/mol. The Bertz CT molecular complexity index is 689. The molecule has 10 heteroatoms. The molecule has 120 valence electrons. The minimum atomic E-state index is -4.73. The lowest BCUT2D eigenvalue weighted by Gasteiger charge is -2.30. The molecule has 0 aliphatic carbocycles. The normalized spacial score (nSPS) is 18.7. The van der Waals surface area contributed by atoms with E-state index in [4.69, 9.17) is 16.0 Å². The van der Waals surface area contributed by atoms with Gasteiger partial charge in [0, 0.05) is 13.6 Å². The average molecular weight is 327 g/mol. The van der Waals surface area contributed by atoms with Crippen LogP contribution in [0, 0.1) is 0 Å².